The fraction of sp³-hybridized carbons (Fsp3) is 0.682. The number of methoxy groups -OCH3 is 3. The van der Waals surface area contributed by atoms with Crippen LogP contribution in [-0.4, -0.2) is 75.9 Å². The number of guanidine groups is 1. The number of hydrogen-bond donors (Lipinski definition) is 2. The number of rotatable bonds is 8. The zero-order valence-electron chi connectivity index (χ0n) is 18.8. The molecule has 7 nitrogen and oxygen atoms in total. The van der Waals surface area contributed by atoms with Gasteiger partial charge in [-0.25, -0.2) is 0 Å². The van der Waals surface area contributed by atoms with E-state index in [1.807, 2.05) is 19.2 Å². The average Bonchev–Trinajstić information content (AvgIpc) is 3.29. The van der Waals surface area contributed by atoms with E-state index in [1.165, 1.54) is 50.3 Å². The van der Waals surface area contributed by atoms with Gasteiger partial charge in [0.1, 0.15) is 0 Å². The molecule has 0 amide bonds. The molecule has 1 aromatic rings. The molecule has 1 saturated carbocycles. The lowest BCUT2D eigenvalue weighted by atomic mass is 9.94. The summed E-state index contributed by atoms with van der Waals surface area (Å²) in [7, 11) is 6.71. The third kappa shape index (κ3) is 5.27. The van der Waals surface area contributed by atoms with Gasteiger partial charge in [-0.1, -0.05) is 12.8 Å². The zero-order chi connectivity index (χ0) is 21.4. The lowest BCUT2D eigenvalue weighted by Crippen LogP contribution is -2.57. The zero-order valence-corrected chi connectivity index (χ0v) is 19.6. The topological polar surface area (TPSA) is 67.4 Å². The smallest absolute Gasteiger partial charge is 0.203 e. The lowest BCUT2D eigenvalue weighted by molar-refractivity contribution is 0.107. The summed E-state index contributed by atoms with van der Waals surface area (Å²) in [6.45, 7) is 3.95. The van der Waals surface area contributed by atoms with Gasteiger partial charge in [0.05, 0.1) is 21.3 Å². The molecule has 0 spiro atoms. The molecule has 0 atom stereocenters. The van der Waals surface area contributed by atoms with Crippen molar-refractivity contribution in [3.8, 4) is 17.2 Å². The number of nitrogens with one attached hydrogen (secondary N) is 2. The molecule has 1 aromatic carbocycles. The van der Waals surface area contributed by atoms with E-state index in [0.29, 0.717) is 23.8 Å². The molecule has 3 rings (SSSR count). The Hall–Kier alpha value is -1.80. The van der Waals surface area contributed by atoms with Crippen molar-refractivity contribution in [1.29, 1.82) is 0 Å². The summed E-state index contributed by atoms with van der Waals surface area (Å²) in [6.07, 6.45) is 5.19. The predicted molar refractivity (Wildman–Crippen MR) is 124 cm³/mol. The molecule has 30 heavy (non-hydrogen) atoms. The number of benzene rings is 1. The Bertz CT molecular complexity index is 691. The first-order valence-corrected chi connectivity index (χ1v) is 11.9. The molecular weight excluding hydrogens is 400 g/mol. The van der Waals surface area contributed by atoms with Crippen molar-refractivity contribution in [3.63, 3.8) is 0 Å². The van der Waals surface area contributed by atoms with Crippen molar-refractivity contribution in [2.24, 2.45) is 4.99 Å². The minimum Gasteiger partial charge on any atom is -0.493 e. The van der Waals surface area contributed by atoms with E-state index in [1.54, 1.807) is 21.3 Å². The van der Waals surface area contributed by atoms with Crippen LogP contribution in [0.1, 0.15) is 31.2 Å². The van der Waals surface area contributed by atoms with E-state index in [0.717, 1.165) is 18.1 Å². The second-order valence-corrected chi connectivity index (χ2v) is 9.07. The van der Waals surface area contributed by atoms with E-state index in [2.05, 4.69) is 32.3 Å². The summed E-state index contributed by atoms with van der Waals surface area (Å²) in [5, 5.41) is 7.04. The maximum Gasteiger partial charge on any atom is 0.203 e. The van der Waals surface area contributed by atoms with E-state index < -0.39 is 0 Å². The fourth-order valence-corrected chi connectivity index (χ4v) is 5.47. The third-order valence-electron chi connectivity index (χ3n) is 6.21. The highest BCUT2D eigenvalue weighted by Gasteiger charge is 2.39. The fourth-order valence-electron chi connectivity index (χ4n) is 4.57. The van der Waals surface area contributed by atoms with Crippen LogP contribution in [0.25, 0.3) is 0 Å². The van der Waals surface area contributed by atoms with Crippen molar-refractivity contribution in [3.05, 3.63) is 17.7 Å². The van der Waals surface area contributed by atoms with Crippen LogP contribution in [0, 0.1) is 0 Å². The molecular formula is C22H36N4O3S. The first-order valence-electron chi connectivity index (χ1n) is 10.7. The van der Waals surface area contributed by atoms with Crippen LogP contribution in [0.5, 0.6) is 17.2 Å². The van der Waals surface area contributed by atoms with Crippen LogP contribution < -0.4 is 24.8 Å². The van der Waals surface area contributed by atoms with Crippen LogP contribution in [-0.2, 0) is 6.54 Å². The SMILES string of the molecule is CN=C(NCc1cc(OC)c(OC)c(OC)c1)NCC1(N2CCSCC2)CCCC1. The molecule has 2 N–H and O–H groups in total. The lowest BCUT2D eigenvalue weighted by Gasteiger charge is -2.43. The van der Waals surface area contributed by atoms with E-state index in [4.69, 9.17) is 14.2 Å². The van der Waals surface area contributed by atoms with Gasteiger partial charge in [-0.05, 0) is 30.5 Å². The molecule has 2 fully saturated rings. The van der Waals surface area contributed by atoms with Crippen LogP contribution in [0.15, 0.2) is 17.1 Å². The highest BCUT2D eigenvalue weighted by molar-refractivity contribution is 7.99. The summed E-state index contributed by atoms with van der Waals surface area (Å²) >= 11 is 2.07. The predicted octanol–water partition coefficient (Wildman–Crippen LogP) is 2.74. The molecule has 1 aliphatic carbocycles. The van der Waals surface area contributed by atoms with Crippen molar-refractivity contribution in [2.45, 2.75) is 37.8 Å². The average molecular weight is 437 g/mol. The second kappa shape index (κ2) is 11.0. The number of nitrogens with zero attached hydrogens (tertiary/aromatic N) is 2. The van der Waals surface area contributed by atoms with Gasteiger partial charge in [0.25, 0.3) is 0 Å². The monoisotopic (exact) mass is 436 g/mol. The van der Waals surface area contributed by atoms with Gasteiger partial charge in [0.15, 0.2) is 17.5 Å². The number of aliphatic imine (C=N–C) groups is 1. The van der Waals surface area contributed by atoms with Crippen molar-refractivity contribution >= 4 is 17.7 Å². The molecule has 1 saturated heterocycles. The first-order chi connectivity index (χ1) is 14.7. The van der Waals surface area contributed by atoms with E-state index in [-0.39, 0.29) is 5.54 Å². The second-order valence-electron chi connectivity index (χ2n) is 7.84. The molecule has 1 heterocycles. The van der Waals surface area contributed by atoms with Crippen molar-refractivity contribution in [1.82, 2.24) is 15.5 Å². The molecule has 0 unspecified atom stereocenters. The molecule has 0 aromatic heterocycles. The molecule has 168 valence electrons. The van der Waals surface area contributed by atoms with Gasteiger partial charge in [-0.2, -0.15) is 11.8 Å². The Morgan fingerprint density at radius 2 is 1.67 bits per heavy atom. The van der Waals surface area contributed by atoms with Crippen LogP contribution in [0.4, 0.5) is 0 Å². The minimum atomic E-state index is 0.269. The number of thioether (sulfide) groups is 1. The van der Waals surface area contributed by atoms with Gasteiger partial charge < -0.3 is 24.8 Å². The standard InChI is InChI=1S/C22H36N4O3S/c1-23-21(24-15-17-13-18(27-2)20(29-4)19(14-17)28-3)25-16-22(7-5-6-8-22)26-9-11-30-12-10-26/h13-14H,5-12,15-16H2,1-4H3,(H2,23,24,25). The van der Waals surface area contributed by atoms with E-state index >= 15 is 0 Å². The molecule has 1 aliphatic heterocycles. The maximum atomic E-state index is 5.46. The van der Waals surface area contributed by atoms with Gasteiger partial charge in [-0.15, -0.1) is 0 Å². The summed E-state index contributed by atoms with van der Waals surface area (Å²) in [5.41, 5.74) is 1.31. The summed E-state index contributed by atoms with van der Waals surface area (Å²) in [5.74, 6) is 5.23. The largest absolute Gasteiger partial charge is 0.493 e. The van der Waals surface area contributed by atoms with Crippen molar-refractivity contribution in [2.75, 3.05) is 59.5 Å². The Labute approximate surface area is 184 Å². The normalized spacial score (nSPS) is 19.4. The van der Waals surface area contributed by atoms with Gasteiger partial charge in [-0.3, -0.25) is 9.89 Å². The maximum absolute atomic E-state index is 5.46. The van der Waals surface area contributed by atoms with Crippen LogP contribution >= 0.6 is 11.8 Å². The Balaban J connectivity index is 1.62. The van der Waals surface area contributed by atoms with Gasteiger partial charge in [0.2, 0.25) is 5.75 Å². The van der Waals surface area contributed by atoms with Crippen LogP contribution in [0.2, 0.25) is 0 Å². The highest BCUT2D eigenvalue weighted by Crippen LogP contribution is 2.38. The molecule has 2 aliphatic rings. The first kappa shape index (κ1) is 22.9. The Morgan fingerprint density at radius 3 is 2.20 bits per heavy atom. The van der Waals surface area contributed by atoms with Gasteiger partial charge in [0, 0.05) is 50.3 Å². The molecule has 8 heteroatoms. The summed E-state index contributed by atoms with van der Waals surface area (Å²) < 4.78 is 16.3. The quantitative estimate of drug-likeness (QED) is 0.480. The minimum absolute atomic E-state index is 0.269. The van der Waals surface area contributed by atoms with E-state index in [9.17, 15) is 0 Å². The Kier molecular flexibility index (Phi) is 8.39. The van der Waals surface area contributed by atoms with Gasteiger partial charge >= 0.3 is 0 Å². The summed E-state index contributed by atoms with van der Waals surface area (Å²) in [4.78, 5) is 7.16. The Morgan fingerprint density at radius 1 is 1.03 bits per heavy atom. The number of hydrogen-bond acceptors (Lipinski definition) is 6. The van der Waals surface area contributed by atoms with Crippen LogP contribution in [0.3, 0.4) is 0 Å². The molecule has 0 bridgehead atoms. The highest BCUT2D eigenvalue weighted by atomic mass is 32.2. The number of ether oxygens (including phenoxy) is 3. The van der Waals surface area contributed by atoms with Crippen molar-refractivity contribution < 1.29 is 14.2 Å². The third-order valence-corrected chi connectivity index (χ3v) is 7.15. The summed E-state index contributed by atoms with van der Waals surface area (Å²) in [6, 6.07) is 3.93. The molecule has 0 radical (unpaired) electrons.